The maximum atomic E-state index is 12.4. The molecule has 1 fully saturated rings. The number of allylic oxidation sites excluding steroid dienone is 1. The molecule has 2 aromatic rings. The summed E-state index contributed by atoms with van der Waals surface area (Å²) in [6.45, 7) is 2.14. The average Bonchev–Trinajstić information content (AvgIpc) is 3.03. The number of benzene rings is 1. The van der Waals surface area contributed by atoms with Gasteiger partial charge in [-0.25, -0.2) is 0 Å². The molecule has 0 aliphatic carbocycles. The van der Waals surface area contributed by atoms with E-state index in [0.29, 0.717) is 9.23 Å². The van der Waals surface area contributed by atoms with E-state index in [2.05, 4.69) is 24.2 Å². The van der Waals surface area contributed by atoms with Crippen LogP contribution >= 0.6 is 46.7 Å². The molecule has 3 nitrogen and oxygen atoms in total. The molecule has 0 unspecified atom stereocenters. The lowest BCUT2D eigenvalue weighted by atomic mass is 10.2. The van der Waals surface area contributed by atoms with Crippen molar-refractivity contribution < 1.29 is 4.79 Å². The second-order valence-corrected chi connectivity index (χ2v) is 8.71. The highest BCUT2D eigenvalue weighted by Crippen LogP contribution is 2.32. The van der Waals surface area contributed by atoms with Crippen molar-refractivity contribution >= 4 is 66.3 Å². The molecular weight excluding hydrogens is 352 g/mol. The predicted octanol–water partition coefficient (Wildman–Crippen LogP) is 4.71. The van der Waals surface area contributed by atoms with Gasteiger partial charge in [0.15, 0.2) is 8.31 Å². The summed E-state index contributed by atoms with van der Waals surface area (Å²) in [4.78, 5) is 13.1. The Hall–Kier alpha value is -1.02. The fourth-order valence-electron chi connectivity index (χ4n) is 1.97. The third kappa shape index (κ3) is 3.32. The van der Waals surface area contributed by atoms with Crippen LogP contribution in [0.25, 0.3) is 9.40 Å². The van der Waals surface area contributed by atoms with E-state index >= 15 is 0 Å². The Labute approximate surface area is 146 Å². The summed E-state index contributed by atoms with van der Waals surface area (Å²) in [6, 6.07) is 8.13. The molecule has 0 N–H and O–H groups in total. The molecule has 0 bridgehead atoms. The first kappa shape index (κ1) is 15.9. The van der Waals surface area contributed by atoms with Gasteiger partial charge in [-0.05, 0) is 30.8 Å². The molecule has 1 aliphatic rings. The Morgan fingerprint density at radius 3 is 2.59 bits per heavy atom. The number of carbonyl (C=O) groups is 1. The van der Waals surface area contributed by atoms with Crippen LogP contribution in [0.1, 0.15) is 26.2 Å². The number of nitrogens with zero attached hydrogens (tertiary/aromatic N) is 2. The Morgan fingerprint density at radius 1 is 1.27 bits per heavy atom. The van der Waals surface area contributed by atoms with Crippen LogP contribution in [-0.2, 0) is 4.79 Å². The van der Waals surface area contributed by atoms with Crippen LogP contribution in [0.2, 0.25) is 0 Å². The second kappa shape index (κ2) is 7.04. The van der Waals surface area contributed by atoms with Gasteiger partial charge >= 0.3 is 0 Å². The molecule has 3 rings (SSSR count). The van der Waals surface area contributed by atoms with E-state index in [9.17, 15) is 4.79 Å². The Bertz CT molecular complexity index is 782. The molecule has 0 saturated carbocycles. The second-order valence-electron chi connectivity index (χ2n) is 4.71. The molecule has 0 radical (unpaired) electrons. The topological polar surface area (TPSA) is 32.7 Å². The number of rotatable bonds is 4. The van der Waals surface area contributed by atoms with Crippen LogP contribution in [0.4, 0.5) is 0 Å². The number of thiocarbonyl (C=S) groups is 1. The zero-order valence-corrected chi connectivity index (χ0v) is 15.2. The highest BCUT2D eigenvalue weighted by atomic mass is 32.2. The van der Waals surface area contributed by atoms with E-state index < -0.39 is 0 Å². The lowest BCUT2D eigenvalue weighted by Crippen LogP contribution is -2.23. The molecule has 1 saturated heterocycles. The van der Waals surface area contributed by atoms with Gasteiger partial charge in [0, 0.05) is 9.40 Å². The molecule has 0 atom stereocenters. The first-order valence-electron chi connectivity index (χ1n) is 6.99. The zero-order chi connectivity index (χ0) is 15.5. The van der Waals surface area contributed by atoms with Crippen LogP contribution in [0.3, 0.4) is 0 Å². The van der Waals surface area contributed by atoms with Crippen molar-refractivity contribution in [1.29, 1.82) is 0 Å². The number of unbranched alkanes of at least 4 members (excludes halogenated alkanes) is 2. The van der Waals surface area contributed by atoms with Gasteiger partial charge in [0.1, 0.15) is 0 Å². The van der Waals surface area contributed by atoms with Crippen molar-refractivity contribution in [3.05, 3.63) is 39.2 Å². The minimum absolute atomic E-state index is 0.101. The fourth-order valence-corrected chi connectivity index (χ4v) is 5.34. The molecule has 1 amide bonds. The lowest BCUT2D eigenvalue weighted by Gasteiger charge is -2.04. The van der Waals surface area contributed by atoms with E-state index in [-0.39, 0.29) is 5.91 Å². The molecule has 1 aromatic heterocycles. The SMILES string of the molecule is CCCCC=C1SC(=S)N(N=c2sc3ccccc3s2)C1=O. The first-order chi connectivity index (χ1) is 10.7. The van der Waals surface area contributed by atoms with Gasteiger partial charge in [0.2, 0.25) is 0 Å². The Kier molecular flexibility index (Phi) is 5.07. The highest BCUT2D eigenvalue weighted by molar-refractivity contribution is 8.26. The van der Waals surface area contributed by atoms with Gasteiger partial charge in [-0.15, -0.1) is 27.8 Å². The summed E-state index contributed by atoms with van der Waals surface area (Å²) in [6.07, 6.45) is 5.09. The van der Waals surface area contributed by atoms with Crippen molar-refractivity contribution in [3.8, 4) is 0 Å². The summed E-state index contributed by atoms with van der Waals surface area (Å²) < 4.78 is 3.70. The number of hydrogen-bond donors (Lipinski definition) is 0. The van der Waals surface area contributed by atoms with E-state index in [1.807, 2.05) is 18.2 Å². The summed E-state index contributed by atoms with van der Waals surface area (Å²) in [5.74, 6) is -0.101. The minimum atomic E-state index is -0.101. The van der Waals surface area contributed by atoms with E-state index in [4.69, 9.17) is 12.2 Å². The van der Waals surface area contributed by atoms with Gasteiger partial charge in [-0.2, -0.15) is 5.01 Å². The third-order valence-corrected chi connectivity index (χ3v) is 6.71. The standard InChI is InChI=1S/C15H14N2OS4/c1-2-3-4-9-12-13(18)17(15(19)22-12)16-14-20-10-7-5-6-8-11(10)21-14/h5-9H,2-4H2,1H3. The van der Waals surface area contributed by atoms with Crippen LogP contribution in [0.5, 0.6) is 0 Å². The molecule has 1 aromatic carbocycles. The molecule has 2 heterocycles. The van der Waals surface area contributed by atoms with E-state index in [0.717, 1.165) is 23.2 Å². The van der Waals surface area contributed by atoms with Gasteiger partial charge in [0.05, 0.1) is 4.91 Å². The maximum absolute atomic E-state index is 12.4. The van der Waals surface area contributed by atoms with Crippen molar-refractivity contribution in [2.75, 3.05) is 0 Å². The van der Waals surface area contributed by atoms with Crippen molar-refractivity contribution in [1.82, 2.24) is 5.01 Å². The van der Waals surface area contributed by atoms with Crippen LogP contribution in [-0.4, -0.2) is 15.2 Å². The molecular formula is C15H14N2OS4. The quantitative estimate of drug-likeness (QED) is 0.446. The Balaban J connectivity index is 1.88. The number of hydrogen-bond acceptors (Lipinski definition) is 6. The zero-order valence-electron chi connectivity index (χ0n) is 11.9. The predicted molar refractivity (Wildman–Crippen MR) is 99.9 cm³/mol. The summed E-state index contributed by atoms with van der Waals surface area (Å²) in [5.41, 5.74) is 0. The van der Waals surface area contributed by atoms with E-state index in [1.54, 1.807) is 22.7 Å². The molecule has 1 aliphatic heterocycles. The third-order valence-electron chi connectivity index (χ3n) is 3.09. The number of amides is 1. The maximum Gasteiger partial charge on any atom is 0.286 e. The first-order valence-corrected chi connectivity index (χ1v) is 9.84. The fraction of sp³-hybridized carbons (Fsp3) is 0.267. The van der Waals surface area contributed by atoms with Crippen LogP contribution in [0, 0.1) is 0 Å². The molecule has 7 heteroatoms. The largest absolute Gasteiger partial charge is 0.286 e. The minimum Gasteiger partial charge on any atom is -0.266 e. The molecule has 114 valence electrons. The smallest absolute Gasteiger partial charge is 0.266 e. The molecule has 22 heavy (non-hydrogen) atoms. The van der Waals surface area contributed by atoms with Gasteiger partial charge in [-0.3, -0.25) is 4.79 Å². The summed E-state index contributed by atoms with van der Waals surface area (Å²) >= 11 is 9.80. The molecule has 0 spiro atoms. The number of fused-ring (bicyclic) bond motifs is 1. The normalized spacial score (nSPS) is 17.0. The van der Waals surface area contributed by atoms with Crippen LogP contribution < -0.4 is 3.98 Å². The van der Waals surface area contributed by atoms with Gasteiger partial charge < -0.3 is 0 Å². The lowest BCUT2D eigenvalue weighted by molar-refractivity contribution is -0.122. The average molecular weight is 367 g/mol. The van der Waals surface area contributed by atoms with Crippen LogP contribution in [0.15, 0.2) is 40.3 Å². The number of carbonyl (C=O) groups excluding carboxylic acids is 1. The number of thioether (sulfide) groups is 1. The van der Waals surface area contributed by atoms with Gasteiger partial charge in [-0.1, -0.05) is 49.7 Å². The Morgan fingerprint density at radius 2 is 1.95 bits per heavy atom. The van der Waals surface area contributed by atoms with Crippen molar-refractivity contribution in [2.24, 2.45) is 5.10 Å². The summed E-state index contributed by atoms with van der Waals surface area (Å²) in [5, 5.41) is 5.81. The monoisotopic (exact) mass is 366 g/mol. The summed E-state index contributed by atoms with van der Waals surface area (Å²) in [7, 11) is 0. The van der Waals surface area contributed by atoms with E-state index in [1.165, 1.54) is 26.2 Å². The highest BCUT2D eigenvalue weighted by Gasteiger charge is 2.32. The van der Waals surface area contributed by atoms with Gasteiger partial charge in [0.25, 0.3) is 5.91 Å². The van der Waals surface area contributed by atoms with Crippen molar-refractivity contribution in [2.45, 2.75) is 26.2 Å². The van der Waals surface area contributed by atoms with Crippen molar-refractivity contribution in [3.63, 3.8) is 0 Å².